The predicted octanol–water partition coefficient (Wildman–Crippen LogP) is 1.58. The van der Waals surface area contributed by atoms with Gasteiger partial charge in [0.2, 0.25) is 5.91 Å². The number of esters is 1. The quantitative estimate of drug-likeness (QED) is 0.611. The highest BCUT2D eigenvalue weighted by Crippen LogP contribution is 2.26. The first-order valence-electron chi connectivity index (χ1n) is 5.82. The first-order chi connectivity index (χ1) is 9.17. The van der Waals surface area contributed by atoms with Gasteiger partial charge in [-0.15, -0.1) is 11.6 Å². The van der Waals surface area contributed by atoms with Crippen LogP contribution in [0.1, 0.15) is 15.9 Å². The number of carbonyl (C=O) groups excluding carboxylic acids is 2. The van der Waals surface area contributed by atoms with Gasteiger partial charge in [0.1, 0.15) is 5.88 Å². The van der Waals surface area contributed by atoms with E-state index >= 15 is 0 Å². The fourth-order valence-electron chi connectivity index (χ4n) is 2.00. The Balaban J connectivity index is 2.40. The molecule has 2 rings (SSSR count). The van der Waals surface area contributed by atoms with E-state index in [0.29, 0.717) is 25.3 Å². The van der Waals surface area contributed by atoms with Crippen LogP contribution < -0.4 is 4.90 Å². The molecule has 0 fully saturated rings. The van der Waals surface area contributed by atoms with Crippen molar-refractivity contribution in [1.82, 2.24) is 0 Å². The lowest BCUT2D eigenvalue weighted by atomic mass is 10.1. The summed E-state index contributed by atoms with van der Waals surface area (Å²) < 4.78 is 10.1. The number of fused-ring (bicyclic) bond motifs is 1. The largest absolute Gasteiger partial charge is 0.465 e. The zero-order chi connectivity index (χ0) is 13.8. The molecule has 0 aliphatic carbocycles. The number of amides is 1. The van der Waals surface area contributed by atoms with Gasteiger partial charge in [-0.1, -0.05) is 0 Å². The van der Waals surface area contributed by atoms with Crippen LogP contribution in [0.3, 0.4) is 0 Å². The summed E-state index contributed by atoms with van der Waals surface area (Å²) >= 11 is 5.60. The first kappa shape index (κ1) is 13.8. The Morgan fingerprint density at radius 1 is 1.47 bits per heavy atom. The van der Waals surface area contributed by atoms with Crippen molar-refractivity contribution in [3.63, 3.8) is 0 Å². The number of nitrogens with zero attached hydrogens (tertiary/aromatic N) is 1. The van der Waals surface area contributed by atoms with E-state index in [4.69, 9.17) is 16.3 Å². The lowest BCUT2D eigenvalue weighted by Gasteiger charge is -2.21. The van der Waals surface area contributed by atoms with Gasteiger partial charge in [0.25, 0.3) is 0 Å². The van der Waals surface area contributed by atoms with E-state index in [1.54, 1.807) is 23.1 Å². The van der Waals surface area contributed by atoms with Crippen molar-refractivity contribution in [2.24, 2.45) is 0 Å². The van der Waals surface area contributed by atoms with Crippen LogP contribution in [0.15, 0.2) is 18.2 Å². The summed E-state index contributed by atoms with van der Waals surface area (Å²) in [4.78, 5) is 24.9. The lowest BCUT2D eigenvalue weighted by molar-refractivity contribution is -0.116. The Hall–Kier alpha value is -1.59. The maximum atomic E-state index is 11.8. The van der Waals surface area contributed by atoms with Gasteiger partial charge in [-0.05, 0) is 18.2 Å². The fraction of sp³-hybridized carbons (Fsp3) is 0.385. The van der Waals surface area contributed by atoms with Gasteiger partial charge in [0.05, 0.1) is 25.9 Å². The number of hydrogen-bond donors (Lipinski definition) is 0. The van der Waals surface area contributed by atoms with Crippen molar-refractivity contribution >= 4 is 29.2 Å². The minimum atomic E-state index is -0.415. The molecular weight excluding hydrogens is 270 g/mol. The van der Waals surface area contributed by atoms with Crippen LogP contribution in [0, 0.1) is 0 Å². The SMILES string of the molecule is COC(=O)c1ccc2c(c1)COCCN2C(=O)CCl. The Morgan fingerprint density at radius 2 is 2.26 bits per heavy atom. The van der Waals surface area contributed by atoms with E-state index in [2.05, 4.69) is 4.74 Å². The number of anilines is 1. The predicted molar refractivity (Wildman–Crippen MR) is 70.5 cm³/mol. The van der Waals surface area contributed by atoms with E-state index in [1.165, 1.54) is 7.11 Å². The molecule has 1 aliphatic heterocycles. The molecule has 0 saturated carbocycles. The van der Waals surface area contributed by atoms with Crippen molar-refractivity contribution in [3.05, 3.63) is 29.3 Å². The lowest BCUT2D eigenvalue weighted by Crippen LogP contribution is -2.34. The van der Waals surface area contributed by atoms with Crippen molar-refractivity contribution < 1.29 is 19.1 Å². The first-order valence-corrected chi connectivity index (χ1v) is 6.36. The Bertz CT molecular complexity index is 503. The summed E-state index contributed by atoms with van der Waals surface area (Å²) in [5, 5.41) is 0. The molecule has 0 atom stereocenters. The number of ether oxygens (including phenoxy) is 2. The van der Waals surface area contributed by atoms with E-state index in [-0.39, 0.29) is 11.8 Å². The highest BCUT2D eigenvalue weighted by molar-refractivity contribution is 6.29. The second kappa shape index (κ2) is 6.04. The smallest absolute Gasteiger partial charge is 0.337 e. The number of halogens is 1. The maximum Gasteiger partial charge on any atom is 0.337 e. The van der Waals surface area contributed by atoms with Crippen LogP contribution >= 0.6 is 11.6 Å². The third kappa shape index (κ3) is 2.88. The molecule has 0 N–H and O–H groups in total. The third-order valence-electron chi connectivity index (χ3n) is 2.92. The monoisotopic (exact) mass is 283 g/mol. The fourth-order valence-corrected chi connectivity index (χ4v) is 2.14. The summed E-state index contributed by atoms with van der Waals surface area (Å²) in [6.45, 7) is 1.24. The molecule has 19 heavy (non-hydrogen) atoms. The molecule has 5 nitrogen and oxygen atoms in total. The molecule has 0 radical (unpaired) electrons. The molecule has 0 saturated heterocycles. The normalized spacial score (nSPS) is 14.5. The van der Waals surface area contributed by atoms with Crippen molar-refractivity contribution in [2.45, 2.75) is 6.61 Å². The van der Waals surface area contributed by atoms with E-state index in [9.17, 15) is 9.59 Å². The molecule has 0 unspecified atom stereocenters. The molecule has 102 valence electrons. The molecule has 1 aromatic carbocycles. The molecular formula is C13H14ClNO4. The zero-order valence-corrected chi connectivity index (χ0v) is 11.3. The number of hydrogen-bond acceptors (Lipinski definition) is 4. The molecule has 1 aromatic rings. The van der Waals surface area contributed by atoms with Crippen LogP contribution in [-0.2, 0) is 20.9 Å². The maximum absolute atomic E-state index is 11.8. The van der Waals surface area contributed by atoms with Gasteiger partial charge >= 0.3 is 5.97 Å². The van der Waals surface area contributed by atoms with Crippen molar-refractivity contribution in [2.75, 3.05) is 31.0 Å². The van der Waals surface area contributed by atoms with Gasteiger partial charge in [0.15, 0.2) is 0 Å². The third-order valence-corrected chi connectivity index (χ3v) is 3.15. The minimum absolute atomic E-state index is 0.0851. The number of benzene rings is 1. The second-order valence-electron chi connectivity index (χ2n) is 4.07. The van der Waals surface area contributed by atoms with Gasteiger partial charge in [0, 0.05) is 17.8 Å². The zero-order valence-electron chi connectivity index (χ0n) is 10.5. The van der Waals surface area contributed by atoms with Crippen LogP contribution in [0.2, 0.25) is 0 Å². The summed E-state index contributed by atoms with van der Waals surface area (Å²) in [7, 11) is 1.33. The molecule has 1 heterocycles. The average molecular weight is 284 g/mol. The highest BCUT2D eigenvalue weighted by Gasteiger charge is 2.22. The van der Waals surface area contributed by atoms with Gasteiger partial charge in [-0.25, -0.2) is 4.79 Å². The molecule has 0 bridgehead atoms. The van der Waals surface area contributed by atoms with Gasteiger partial charge in [-0.3, -0.25) is 4.79 Å². The molecule has 1 amide bonds. The van der Waals surface area contributed by atoms with E-state index < -0.39 is 5.97 Å². The number of carbonyl (C=O) groups is 2. The van der Waals surface area contributed by atoms with Crippen molar-refractivity contribution in [1.29, 1.82) is 0 Å². The number of rotatable bonds is 2. The average Bonchev–Trinajstić information content (AvgIpc) is 2.67. The number of alkyl halides is 1. The Morgan fingerprint density at radius 3 is 2.95 bits per heavy atom. The van der Waals surface area contributed by atoms with E-state index in [0.717, 1.165) is 11.3 Å². The molecule has 0 aromatic heterocycles. The summed E-state index contributed by atoms with van der Waals surface area (Å²) in [5.41, 5.74) is 1.94. The topological polar surface area (TPSA) is 55.8 Å². The van der Waals surface area contributed by atoms with E-state index in [1.807, 2.05) is 0 Å². The standard InChI is InChI=1S/C13H14ClNO4/c1-18-13(17)9-2-3-11-10(6-9)8-19-5-4-15(11)12(16)7-14/h2-3,6H,4-5,7-8H2,1H3. The van der Waals surface area contributed by atoms with Crippen LogP contribution in [0.25, 0.3) is 0 Å². The summed E-state index contributed by atoms with van der Waals surface area (Å²) in [5.74, 6) is -0.681. The van der Waals surface area contributed by atoms with Crippen molar-refractivity contribution in [3.8, 4) is 0 Å². The van der Waals surface area contributed by atoms with Crippen LogP contribution in [0.4, 0.5) is 5.69 Å². The summed E-state index contributed by atoms with van der Waals surface area (Å²) in [6.07, 6.45) is 0. The van der Waals surface area contributed by atoms with Crippen LogP contribution in [-0.4, -0.2) is 38.0 Å². The molecule has 0 spiro atoms. The Labute approximate surface area is 116 Å². The van der Waals surface area contributed by atoms with Gasteiger partial charge < -0.3 is 14.4 Å². The second-order valence-corrected chi connectivity index (χ2v) is 4.33. The Kier molecular flexibility index (Phi) is 4.39. The summed E-state index contributed by atoms with van der Waals surface area (Å²) in [6, 6.07) is 5.03. The number of methoxy groups -OCH3 is 1. The minimum Gasteiger partial charge on any atom is -0.465 e. The highest BCUT2D eigenvalue weighted by atomic mass is 35.5. The van der Waals surface area contributed by atoms with Crippen LogP contribution in [0.5, 0.6) is 0 Å². The molecule has 1 aliphatic rings. The molecule has 6 heteroatoms. The van der Waals surface area contributed by atoms with Gasteiger partial charge in [-0.2, -0.15) is 0 Å².